The fourth-order valence-corrected chi connectivity index (χ4v) is 3.26. The monoisotopic (exact) mass is 407 g/mol. The van der Waals surface area contributed by atoms with Gasteiger partial charge < -0.3 is 4.57 Å². The number of carbonyl (C=O) groups excluding carboxylic acids is 1. The molecule has 21 heavy (non-hydrogen) atoms. The SMILES string of the molecule is Cc1cc(C(=O)C(C)Cl)c(C)n1-c1ccc(Br)c(Cl)c1Cl. The van der Waals surface area contributed by atoms with E-state index in [1.165, 1.54) is 0 Å². The highest BCUT2D eigenvalue weighted by molar-refractivity contribution is 9.10. The molecule has 112 valence electrons. The molecule has 1 heterocycles. The maximum Gasteiger partial charge on any atom is 0.182 e. The van der Waals surface area contributed by atoms with Gasteiger partial charge in [0.2, 0.25) is 0 Å². The number of Topliss-reactive ketones (excluding diaryl/α,β-unsaturated/α-hetero) is 1. The van der Waals surface area contributed by atoms with Gasteiger partial charge >= 0.3 is 0 Å². The van der Waals surface area contributed by atoms with Crippen LogP contribution < -0.4 is 0 Å². The van der Waals surface area contributed by atoms with Gasteiger partial charge in [-0.15, -0.1) is 11.6 Å². The van der Waals surface area contributed by atoms with E-state index in [1.54, 1.807) is 6.92 Å². The lowest BCUT2D eigenvalue weighted by atomic mass is 10.1. The van der Waals surface area contributed by atoms with Crippen molar-refractivity contribution in [2.75, 3.05) is 0 Å². The van der Waals surface area contributed by atoms with Gasteiger partial charge in [0.25, 0.3) is 0 Å². The molecular weight excluding hydrogens is 396 g/mol. The first-order valence-corrected chi connectivity index (χ1v) is 8.25. The average Bonchev–Trinajstić information content (AvgIpc) is 2.71. The van der Waals surface area contributed by atoms with Crippen LogP contribution in [0.15, 0.2) is 22.7 Å². The van der Waals surface area contributed by atoms with Crippen LogP contribution in [-0.2, 0) is 0 Å². The van der Waals surface area contributed by atoms with Gasteiger partial charge in [-0.1, -0.05) is 23.2 Å². The summed E-state index contributed by atoms with van der Waals surface area (Å²) in [7, 11) is 0. The Hall–Kier alpha value is -0.480. The largest absolute Gasteiger partial charge is 0.316 e. The Morgan fingerprint density at radius 3 is 2.43 bits per heavy atom. The van der Waals surface area contributed by atoms with Crippen LogP contribution in [0.25, 0.3) is 5.69 Å². The molecule has 0 N–H and O–H groups in total. The molecule has 2 aromatic rings. The van der Waals surface area contributed by atoms with Crippen LogP contribution in [0.3, 0.4) is 0 Å². The second-order valence-electron chi connectivity index (χ2n) is 4.79. The van der Waals surface area contributed by atoms with Crippen LogP contribution in [-0.4, -0.2) is 15.7 Å². The number of aromatic nitrogens is 1. The number of hydrogen-bond donors (Lipinski definition) is 0. The molecule has 0 spiro atoms. The Bertz CT molecular complexity index is 722. The van der Waals surface area contributed by atoms with Crippen molar-refractivity contribution in [2.24, 2.45) is 0 Å². The summed E-state index contributed by atoms with van der Waals surface area (Å²) in [5.41, 5.74) is 3.03. The van der Waals surface area contributed by atoms with Crippen LogP contribution in [0.4, 0.5) is 0 Å². The first-order valence-electron chi connectivity index (χ1n) is 6.26. The van der Waals surface area contributed by atoms with E-state index in [0.29, 0.717) is 15.6 Å². The number of benzene rings is 1. The Balaban J connectivity index is 2.67. The van der Waals surface area contributed by atoms with Gasteiger partial charge in [-0.05, 0) is 54.9 Å². The fraction of sp³-hybridized carbons (Fsp3) is 0.267. The molecule has 2 rings (SSSR count). The third-order valence-corrected chi connectivity index (χ3v) is 5.27. The van der Waals surface area contributed by atoms with Crippen LogP contribution >= 0.6 is 50.7 Å². The molecule has 0 aliphatic carbocycles. The van der Waals surface area contributed by atoms with E-state index in [9.17, 15) is 4.79 Å². The first-order chi connectivity index (χ1) is 9.75. The van der Waals surface area contributed by atoms with Gasteiger partial charge in [0.05, 0.1) is 21.1 Å². The molecule has 2 nitrogen and oxygen atoms in total. The number of alkyl halides is 1. The molecule has 0 bridgehead atoms. The number of ketones is 1. The lowest BCUT2D eigenvalue weighted by Crippen LogP contribution is -2.11. The molecule has 0 aliphatic rings. The van der Waals surface area contributed by atoms with E-state index >= 15 is 0 Å². The maximum atomic E-state index is 12.2. The third kappa shape index (κ3) is 3.02. The van der Waals surface area contributed by atoms with Gasteiger partial charge in [-0.3, -0.25) is 4.79 Å². The molecule has 6 heteroatoms. The quantitative estimate of drug-likeness (QED) is 0.348. The number of aryl methyl sites for hydroxylation is 1. The molecule has 0 radical (unpaired) electrons. The van der Waals surface area contributed by atoms with Crippen LogP contribution in [0.1, 0.15) is 28.7 Å². The minimum Gasteiger partial charge on any atom is -0.316 e. The van der Waals surface area contributed by atoms with Crippen molar-refractivity contribution in [3.8, 4) is 5.69 Å². The molecule has 0 fully saturated rings. The van der Waals surface area contributed by atoms with Crippen molar-refractivity contribution in [2.45, 2.75) is 26.1 Å². The maximum absolute atomic E-state index is 12.2. The molecule has 0 saturated carbocycles. The Kier molecular flexibility index (Phi) is 5.09. The van der Waals surface area contributed by atoms with Crippen LogP contribution in [0.5, 0.6) is 0 Å². The van der Waals surface area contributed by atoms with Crippen molar-refractivity contribution < 1.29 is 4.79 Å². The van der Waals surface area contributed by atoms with E-state index in [4.69, 9.17) is 34.8 Å². The second-order valence-corrected chi connectivity index (χ2v) is 7.06. The topological polar surface area (TPSA) is 22.0 Å². The Morgan fingerprint density at radius 2 is 1.86 bits per heavy atom. The minimum atomic E-state index is -0.567. The Morgan fingerprint density at radius 1 is 1.24 bits per heavy atom. The summed E-state index contributed by atoms with van der Waals surface area (Å²) in [6.45, 7) is 5.44. The fourth-order valence-electron chi connectivity index (χ4n) is 2.29. The van der Waals surface area contributed by atoms with Gasteiger partial charge in [-0.25, -0.2) is 0 Å². The van der Waals surface area contributed by atoms with Crippen molar-refractivity contribution >= 4 is 56.5 Å². The van der Waals surface area contributed by atoms with E-state index < -0.39 is 5.38 Å². The molecule has 0 aliphatic heterocycles. The van der Waals surface area contributed by atoms with Gasteiger partial charge in [-0.2, -0.15) is 0 Å². The molecule has 1 aromatic heterocycles. The summed E-state index contributed by atoms with van der Waals surface area (Å²) in [6.07, 6.45) is 0. The normalized spacial score (nSPS) is 12.5. The number of carbonyl (C=O) groups is 1. The summed E-state index contributed by atoms with van der Waals surface area (Å²) in [5.74, 6) is -0.102. The highest BCUT2D eigenvalue weighted by Crippen LogP contribution is 2.36. The van der Waals surface area contributed by atoms with Gasteiger partial charge in [0.15, 0.2) is 5.78 Å². The summed E-state index contributed by atoms with van der Waals surface area (Å²) in [6, 6.07) is 5.51. The number of halogens is 4. The van der Waals surface area contributed by atoms with E-state index in [0.717, 1.165) is 21.5 Å². The summed E-state index contributed by atoms with van der Waals surface area (Å²) >= 11 is 21.8. The summed E-state index contributed by atoms with van der Waals surface area (Å²) in [5, 5.41) is 0.314. The third-order valence-electron chi connectivity index (χ3n) is 3.31. The highest BCUT2D eigenvalue weighted by Gasteiger charge is 2.21. The molecular formula is C15H13BrCl3NO. The molecule has 1 atom stereocenters. The van der Waals surface area contributed by atoms with Crippen LogP contribution in [0, 0.1) is 13.8 Å². The molecule has 1 unspecified atom stereocenters. The van der Waals surface area contributed by atoms with Gasteiger partial charge in [0, 0.05) is 21.4 Å². The predicted octanol–water partition coefficient (Wildman–Crippen LogP) is 5.97. The summed E-state index contributed by atoms with van der Waals surface area (Å²) in [4.78, 5) is 12.2. The summed E-state index contributed by atoms with van der Waals surface area (Å²) < 4.78 is 2.64. The average molecular weight is 410 g/mol. The first kappa shape index (κ1) is 16.9. The minimum absolute atomic E-state index is 0.102. The number of rotatable bonds is 3. The zero-order chi connectivity index (χ0) is 15.9. The van der Waals surface area contributed by atoms with E-state index in [1.807, 2.05) is 36.6 Å². The molecule has 1 aromatic carbocycles. The second kappa shape index (κ2) is 6.33. The molecule has 0 saturated heterocycles. The van der Waals surface area contributed by atoms with Crippen molar-refractivity contribution in [3.05, 3.63) is 49.7 Å². The van der Waals surface area contributed by atoms with Crippen molar-refractivity contribution in [1.29, 1.82) is 0 Å². The van der Waals surface area contributed by atoms with E-state index in [-0.39, 0.29) is 5.78 Å². The van der Waals surface area contributed by atoms with Crippen molar-refractivity contribution in [1.82, 2.24) is 4.57 Å². The number of nitrogens with zero attached hydrogens (tertiary/aromatic N) is 1. The highest BCUT2D eigenvalue weighted by atomic mass is 79.9. The van der Waals surface area contributed by atoms with Gasteiger partial charge in [0.1, 0.15) is 0 Å². The lowest BCUT2D eigenvalue weighted by molar-refractivity contribution is 0.0991. The van der Waals surface area contributed by atoms with Crippen LogP contribution in [0.2, 0.25) is 10.0 Å². The van der Waals surface area contributed by atoms with E-state index in [2.05, 4.69) is 15.9 Å². The lowest BCUT2D eigenvalue weighted by Gasteiger charge is -2.13. The molecule has 0 amide bonds. The number of hydrogen-bond acceptors (Lipinski definition) is 1. The zero-order valence-electron chi connectivity index (χ0n) is 11.7. The van der Waals surface area contributed by atoms with Crippen molar-refractivity contribution in [3.63, 3.8) is 0 Å². The zero-order valence-corrected chi connectivity index (χ0v) is 15.5. The predicted molar refractivity (Wildman–Crippen MR) is 92.6 cm³/mol. The Labute approximate surface area is 147 Å². The smallest absolute Gasteiger partial charge is 0.182 e. The standard InChI is InChI=1S/C15H13BrCl3NO/c1-7-6-10(15(21)8(2)17)9(3)20(7)12-5-4-11(16)13(18)14(12)19/h4-6,8H,1-3H3.